The van der Waals surface area contributed by atoms with E-state index in [0.29, 0.717) is 6.54 Å². The maximum Gasteiger partial charge on any atom is 0.243 e. The average Bonchev–Trinajstić information content (AvgIpc) is 2.72. The molecule has 2 aromatic carbocycles. The second-order valence-electron chi connectivity index (χ2n) is 7.66. The van der Waals surface area contributed by atoms with Gasteiger partial charge in [-0.1, -0.05) is 47.5 Å². The largest absolute Gasteiger partial charge is 0.355 e. The quantitative estimate of drug-likeness (QED) is 0.642. The molecule has 1 atom stereocenters. The second kappa shape index (κ2) is 10.5. The van der Waals surface area contributed by atoms with E-state index in [1.54, 1.807) is 26.0 Å². The normalized spacial score (nSPS) is 12.5. The van der Waals surface area contributed by atoms with Crippen LogP contribution >= 0.6 is 0 Å². The summed E-state index contributed by atoms with van der Waals surface area (Å²) in [4.78, 5) is 27.1. The van der Waals surface area contributed by atoms with E-state index >= 15 is 0 Å². The molecule has 0 unspecified atom stereocenters. The number of carbonyl (C=O) groups is 2. The minimum absolute atomic E-state index is 0.121. The molecular formula is C23H31N3O4S. The number of amides is 2. The Hall–Kier alpha value is -2.71. The number of aryl methyl sites for hydroxylation is 2. The van der Waals surface area contributed by atoms with Crippen LogP contribution in [-0.2, 0) is 26.2 Å². The molecule has 2 aromatic rings. The first-order valence-electron chi connectivity index (χ1n) is 10.2. The Bertz CT molecular complexity index is 1020. The molecular weight excluding hydrogens is 414 g/mol. The number of likely N-dealkylation sites (N-methyl/N-ethyl adjacent to an activating group) is 2. The first-order valence-corrected chi connectivity index (χ1v) is 11.7. The number of sulfonamides is 1. The van der Waals surface area contributed by atoms with Gasteiger partial charge in [-0.2, -0.15) is 4.31 Å². The molecule has 0 aliphatic rings. The van der Waals surface area contributed by atoms with E-state index < -0.39 is 22.0 Å². The molecule has 7 nitrogen and oxygen atoms in total. The fourth-order valence-corrected chi connectivity index (χ4v) is 4.29. The molecule has 0 fully saturated rings. The summed E-state index contributed by atoms with van der Waals surface area (Å²) in [6, 6.07) is 13.4. The van der Waals surface area contributed by atoms with Crippen LogP contribution in [0, 0.1) is 13.8 Å². The SMILES string of the molecule is CCNC(=O)[C@@H](C)N(Cc1cccc(C)c1)C(=O)CN(C)S(=O)(=O)c1ccc(C)cc1. The van der Waals surface area contributed by atoms with Crippen molar-refractivity contribution in [2.24, 2.45) is 0 Å². The molecule has 0 saturated heterocycles. The van der Waals surface area contributed by atoms with E-state index in [0.717, 1.165) is 21.0 Å². The van der Waals surface area contributed by atoms with Crippen LogP contribution in [0.1, 0.15) is 30.5 Å². The number of hydrogen-bond donors (Lipinski definition) is 1. The number of hydrogen-bond acceptors (Lipinski definition) is 4. The molecule has 2 amide bonds. The molecule has 31 heavy (non-hydrogen) atoms. The first kappa shape index (κ1) is 24.6. The van der Waals surface area contributed by atoms with Gasteiger partial charge < -0.3 is 10.2 Å². The van der Waals surface area contributed by atoms with E-state index in [2.05, 4.69) is 5.32 Å². The van der Waals surface area contributed by atoms with Gasteiger partial charge in [-0.3, -0.25) is 9.59 Å². The highest BCUT2D eigenvalue weighted by atomic mass is 32.2. The van der Waals surface area contributed by atoms with E-state index in [1.165, 1.54) is 24.1 Å². The van der Waals surface area contributed by atoms with Crippen LogP contribution < -0.4 is 5.32 Å². The minimum Gasteiger partial charge on any atom is -0.355 e. The summed E-state index contributed by atoms with van der Waals surface area (Å²) >= 11 is 0. The van der Waals surface area contributed by atoms with Gasteiger partial charge in [-0.25, -0.2) is 8.42 Å². The van der Waals surface area contributed by atoms with Crippen molar-refractivity contribution in [3.05, 3.63) is 65.2 Å². The summed E-state index contributed by atoms with van der Waals surface area (Å²) in [5.74, 6) is -0.731. The predicted octanol–water partition coefficient (Wildman–Crippen LogP) is 2.48. The summed E-state index contributed by atoms with van der Waals surface area (Å²) in [5.41, 5.74) is 2.85. The van der Waals surface area contributed by atoms with E-state index in [9.17, 15) is 18.0 Å². The van der Waals surface area contributed by atoms with E-state index in [1.807, 2.05) is 38.1 Å². The number of carbonyl (C=O) groups excluding carboxylic acids is 2. The van der Waals surface area contributed by atoms with Crippen molar-refractivity contribution in [3.8, 4) is 0 Å². The Kier molecular flexibility index (Phi) is 8.36. The molecule has 0 aliphatic heterocycles. The highest BCUT2D eigenvalue weighted by molar-refractivity contribution is 7.89. The maximum atomic E-state index is 13.2. The van der Waals surface area contributed by atoms with Crippen molar-refractivity contribution in [3.63, 3.8) is 0 Å². The fraction of sp³-hybridized carbons (Fsp3) is 0.391. The van der Waals surface area contributed by atoms with Crippen molar-refractivity contribution in [1.82, 2.24) is 14.5 Å². The van der Waals surface area contributed by atoms with Gasteiger partial charge in [0.1, 0.15) is 6.04 Å². The third-order valence-corrected chi connectivity index (χ3v) is 6.86. The highest BCUT2D eigenvalue weighted by Crippen LogP contribution is 2.17. The third-order valence-electron chi connectivity index (χ3n) is 5.04. The molecule has 8 heteroatoms. The smallest absolute Gasteiger partial charge is 0.243 e. The standard InChI is InChI=1S/C23H31N3O4S/c1-6-24-23(28)19(4)26(15-20-9-7-8-18(3)14-20)22(27)16-25(5)31(29,30)21-12-10-17(2)11-13-21/h7-14,19H,6,15-16H2,1-5H3,(H,24,28)/t19-/m1/s1. The van der Waals surface area contributed by atoms with Crippen LogP contribution in [-0.4, -0.2) is 55.6 Å². The summed E-state index contributed by atoms with van der Waals surface area (Å²) in [6.45, 7) is 7.55. The van der Waals surface area contributed by atoms with E-state index in [-0.39, 0.29) is 23.9 Å². The topological polar surface area (TPSA) is 86.8 Å². The lowest BCUT2D eigenvalue weighted by molar-refractivity contribution is -0.140. The van der Waals surface area contributed by atoms with Gasteiger partial charge in [0, 0.05) is 20.1 Å². The van der Waals surface area contributed by atoms with Gasteiger partial charge in [0.2, 0.25) is 21.8 Å². The molecule has 0 heterocycles. The molecule has 0 saturated carbocycles. The van der Waals surface area contributed by atoms with Crippen LogP contribution in [0.5, 0.6) is 0 Å². The molecule has 0 radical (unpaired) electrons. The summed E-state index contributed by atoms with van der Waals surface area (Å²) in [6.07, 6.45) is 0. The molecule has 2 rings (SSSR count). The van der Waals surface area contributed by atoms with Crippen molar-refractivity contribution >= 4 is 21.8 Å². The number of benzene rings is 2. The summed E-state index contributed by atoms with van der Waals surface area (Å²) in [5, 5.41) is 2.73. The lowest BCUT2D eigenvalue weighted by Crippen LogP contribution is -2.50. The molecule has 1 N–H and O–H groups in total. The highest BCUT2D eigenvalue weighted by Gasteiger charge is 2.30. The zero-order valence-corrected chi connectivity index (χ0v) is 19.6. The van der Waals surface area contributed by atoms with Gasteiger partial charge >= 0.3 is 0 Å². The molecule has 0 aliphatic carbocycles. The van der Waals surface area contributed by atoms with Gasteiger partial charge in [0.15, 0.2) is 0 Å². The van der Waals surface area contributed by atoms with Gasteiger partial charge in [0.05, 0.1) is 11.4 Å². The molecule has 168 valence electrons. The summed E-state index contributed by atoms with van der Waals surface area (Å²) < 4.78 is 26.8. The molecule has 0 aromatic heterocycles. The van der Waals surface area contributed by atoms with Crippen molar-refractivity contribution < 1.29 is 18.0 Å². The Morgan fingerprint density at radius 2 is 1.68 bits per heavy atom. The Morgan fingerprint density at radius 1 is 1.03 bits per heavy atom. The first-order chi connectivity index (χ1) is 14.6. The zero-order chi connectivity index (χ0) is 23.2. The lowest BCUT2D eigenvalue weighted by atomic mass is 10.1. The Morgan fingerprint density at radius 3 is 2.26 bits per heavy atom. The number of rotatable bonds is 9. The van der Waals surface area contributed by atoms with E-state index in [4.69, 9.17) is 0 Å². The van der Waals surface area contributed by atoms with Gasteiger partial charge in [-0.15, -0.1) is 0 Å². The van der Waals surface area contributed by atoms with Crippen LogP contribution in [0.2, 0.25) is 0 Å². The number of nitrogens with one attached hydrogen (secondary N) is 1. The van der Waals surface area contributed by atoms with Crippen LogP contribution in [0.15, 0.2) is 53.4 Å². The van der Waals surface area contributed by atoms with Crippen LogP contribution in [0.25, 0.3) is 0 Å². The minimum atomic E-state index is -3.83. The average molecular weight is 446 g/mol. The van der Waals surface area contributed by atoms with Crippen molar-refractivity contribution in [1.29, 1.82) is 0 Å². The molecule has 0 spiro atoms. The Balaban J connectivity index is 2.26. The Labute approximate surface area is 185 Å². The lowest BCUT2D eigenvalue weighted by Gasteiger charge is -2.30. The van der Waals surface area contributed by atoms with Crippen LogP contribution in [0.4, 0.5) is 0 Å². The summed E-state index contributed by atoms with van der Waals surface area (Å²) in [7, 11) is -2.47. The molecule has 0 bridgehead atoms. The zero-order valence-electron chi connectivity index (χ0n) is 18.8. The van der Waals surface area contributed by atoms with Crippen molar-refractivity contribution in [2.75, 3.05) is 20.1 Å². The van der Waals surface area contributed by atoms with Gasteiger partial charge in [-0.05, 0) is 45.4 Å². The monoisotopic (exact) mass is 445 g/mol. The predicted molar refractivity (Wildman–Crippen MR) is 121 cm³/mol. The van der Waals surface area contributed by atoms with Crippen LogP contribution in [0.3, 0.4) is 0 Å². The maximum absolute atomic E-state index is 13.2. The van der Waals surface area contributed by atoms with Crippen molar-refractivity contribution in [2.45, 2.75) is 45.2 Å². The number of nitrogens with zero attached hydrogens (tertiary/aromatic N) is 2. The second-order valence-corrected chi connectivity index (χ2v) is 9.70. The third kappa shape index (κ3) is 6.38. The van der Waals surface area contributed by atoms with Gasteiger partial charge in [0.25, 0.3) is 0 Å². The fourth-order valence-electron chi connectivity index (χ4n) is 3.17.